The van der Waals surface area contributed by atoms with Gasteiger partial charge < -0.3 is 0 Å². The van der Waals surface area contributed by atoms with Crippen LogP contribution in [-0.2, 0) is 0 Å². The predicted octanol–water partition coefficient (Wildman–Crippen LogP) is 10.3. The molecular weight excluding hydrogens is 451 g/mol. The zero-order valence-electron chi connectivity index (χ0n) is 18.4. The van der Waals surface area contributed by atoms with Crippen molar-refractivity contribution >= 4 is 51.3 Å². The zero-order chi connectivity index (χ0) is 21.7. The van der Waals surface area contributed by atoms with Gasteiger partial charge in [-0.25, -0.2) is 0 Å². The van der Waals surface area contributed by atoms with E-state index < -0.39 is 6.74 Å². The summed E-state index contributed by atoms with van der Waals surface area (Å²) < 4.78 is 0. The molecule has 5 rings (SSSR count). The molecular formula is C27H25PS3. The Morgan fingerprint density at radius 2 is 1.39 bits per heavy atom. The number of aryl methyl sites for hydroxylation is 4. The number of hydrogen-bond donors (Lipinski definition) is 0. The maximum absolute atomic E-state index is 2.40. The van der Waals surface area contributed by atoms with Crippen molar-refractivity contribution in [1.29, 1.82) is 0 Å². The Kier molecular flexibility index (Phi) is 5.65. The van der Waals surface area contributed by atoms with Crippen LogP contribution < -0.4 is 0 Å². The van der Waals surface area contributed by atoms with Crippen molar-refractivity contribution in [1.82, 2.24) is 0 Å². The lowest BCUT2D eigenvalue weighted by Crippen LogP contribution is -1.85. The molecule has 0 bridgehead atoms. The quantitative estimate of drug-likeness (QED) is 0.249. The van der Waals surface area contributed by atoms with Gasteiger partial charge in [-0.1, -0.05) is 48.5 Å². The summed E-state index contributed by atoms with van der Waals surface area (Å²) in [4.78, 5) is 5.65. The first-order valence-corrected chi connectivity index (χ1v) is 15.2. The maximum Gasteiger partial charge on any atom is 0.0218 e. The largest absolute Gasteiger partial charge is 0.145 e. The second kappa shape index (κ2) is 8.30. The molecule has 0 saturated carbocycles. The molecule has 156 valence electrons. The second-order valence-electron chi connectivity index (χ2n) is 7.88. The molecule has 0 aliphatic rings. The monoisotopic (exact) mass is 476 g/mol. The number of hydrogen-bond acceptors (Lipinski definition) is 3. The summed E-state index contributed by atoms with van der Waals surface area (Å²) in [7, 11) is 0. The summed E-state index contributed by atoms with van der Waals surface area (Å²) in [5.74, 6) is 0. The summed E-state index contributed by atoms with van der Waals surface area (Å²) in [5.41, 5.74) is 7.12. The van der Waals surface area contributed by atoms with Gasteiger partial charge in [-0.3, -0.25) is 0 Å². The normalized spacial score (nSPS) is 12.1. The van der Waals surface area contributed by atoms with Crippen molar-refractivity contribution in [3.05, 3.63) is 80.2 Å². The molecule has 0 spiro atoms. The van der Waals surface area contributed by atoms with Gasteiger partial charge in [-0.2, -0.15) is 0 Å². The first kappa shape index (κ1) is 21.1. The fraction of sp³-hybridized carbons (Fsp3) is 0.185. The van der Waals surface area contributed by atoms with Crippen LogP contribution in [-0.4, -0.2) is 6.26 Å². The minimum Gasteiger partial charge on any atom is -0.145 e. The van der Waals surface area contributed by atoms with Gasteiger partial charge in [0, 0.05) is 46.6 Å². The van der Waals surface area contributed by atoms with Gasteiger partial charge in [-0.15, -0.1) is 34.1 Å². The number of thiophene rings is 2. The van der Waals surface area contributed by atoms with E-state index in [1.165, 1.54) is 57.8 Å². The van der Waals surface area contributed by atoms with Crippen molar-refractivity contribution in [2.45, 2.75) is 27.7 Å². The topological polar surface area (TPSA) is 0 Å². The fourth-order valence-electron chi connectivity index (χ4n) is 4.70. The maximum atomic E-state index is 2.40. The third kappa shape index (κ3) is 3.43. The Balaban J connectivity index is 1.96. The molecule has 2 aromatic carbocycles. The smallest absolute Gasteiger partial charge is 0.0218 e. The average molecular weight is 477 g/mol. The molecule has 0 amide bonds. The standard InChI is InChI=1S/C27H25PS3/c1-16-15-22(17(2)30-16)26-21-13-9-10-14-23(21)28(29-5)27(26)25-19(4)31-18(3)24(25)20-11-7-6-8-12-20/h6-15H,1-5H3. The van der Waals surface area contributed by atoms with E-state index in [2.05, 4.69) is 94.6 Å². The molecule has 0 N–H and O–H groups in total. The van der Waals surface area contributed by atoms with Crippen LogP contribution in [0, 0.1) is 27.7 Å². The van der Waals surface area contributed by atoms with Gasteiger partial charge in [0.1, 0.15) is 0 Å². The molecule has 0 saturated heterocycles. The molecule has 4 heteroatoms. The molecule has 5 aromatic rings. The summed E-state index contributed by atoms with van der Waals surface area (Å²) in [6.07, 6.45) is 2.29. The number of benzene rings is 2. The lowest BCUT2D eigenvalue weighted by atomic mass is 9.94. The van der Waals surface area contributed by atoms with Crippen molar-refractivity contribution in [2.24, 2.45) is 0 Å². The van der Waals surface area contributed by atoms with Gasteiger partial charge in [0.25, 0.3) is 0 Å². The number of fused-ring (bicyclic) bond motifs is 1. The summed E-state index contributed by atoms with van der Waals surface area (Å²) in [5, 5.41) is 4.51. The van der Waals surface area contributed by atoms with E-state index in [4.69, 9.17) is 0 Å². The highest BCUT2D eigenvalue weighted by Crippen LogP contribution is 2.64. The summed E-state index contributed by atoms with van der Waals surface area (Å²) in [6, 6.07) is 22.5. The van der Waals surface area contributed by atoms with Crippen LogP contribution in [0.1, 0.15) is 19.5 Å². The molecule has 1 atom stereocenters. The molecule has 0 fully saturated rings. The molecule has 0 aliphatic heterocycles. The van der Waals surface area contributed by atoms with Crippen molar-refractivity contribution < 1.29 is 0 Å². The number of rotatable bonds is 4. The van der Waals surface area contributed by atoms with Crippen LogP contribution >= 0.6 is 40.8 Å². The first-order valence-electron chi connectivity index (χ1n) is 10.4. The Morgan fingerprint density at radius 1 is 0.710 bits per heavy atom. The lowest BCUT2D eigenvalue weighted by Gasteiger charge is -2.13. The minimum atomic E-state index is -0.466. The van der Waals surface area contributed by atoms with E-state index in [0.717, 1.165) is 0 Å². The van der Waals surface area contributed by atoms with Crippen molar-refractivity contribution in [3.63, 3.8) is 0 Å². The van der Waals surface area contributed by atoms with Crippen molar-refractivity contribution in [3.8, 4) is 33.1 Å². The fourth-order valence-corrected chi connectivity index (χ4v) is 11.1. The Hall–Kier alpha value is -1.77. The van der Waals surface area contributed by atoms with E-state index in [1.807, 2.05) is 34.1 Å². The van der Waals surface area contributed by atoms with Crippen LogP contribution in [0.15, 0.2) is 60.7 Å². The average Bonchev–Trinajstić information content (AvgIpc) is 3.37. The van der Waals surface area contributed by atoms with Gasteiger partial charge in [-0.05, 0) is 69.3 Å². The van der Waals surface area contributed by atoms with Crippen LogP contribution in [0.3, 0.4) is 0 Å². The molecule has 0 radical (unpaired) electrons. The molecule has 0 nitrogen and oxygen atoms in total. The highest BCUT2D eigenvalue weighted by molar-refractivity contribution is 8.54. The van der Waals surface area contributed by atoms with Crippen LogP contribution in [0.4, 0.5) is 0 Å². The van der Waals surface area contributed by atoms with Crippen LogP contribution in [0.5, 0.6) is 0 Å². The lowest BCUT2D eigenvalue weighted by molar-refractivity contribution is 1.56. The van der Waals surface area contributed by atoms with Gasteiger partial charge in [0.2, 0.25) is 0 Å². The van der Waals surface area contributed by atoms with Crippen molar-refractivity contribution in [2.75, 3.05) is 6.26 Å². The predicted molar refractivity (Wildman–Crippen MR) is 147 cm³/mol. The van der Waals surface area contributed by atoms with Crippen LogP contribution in [0.25, 0.3) is 43.6 Å². The molecule has 1 unspecified atom stereocenters. The minimum absolute atomic E-state index is 0.466. The van der Waals surface area contributed by atoms with Gasteiger partial charge >= 0.3 is 0 Å². The first-order chi connectivity index (χ1) is 15.0. The Morgan fingerprint density at radius 3 is 2.06 bits per heavy atom. The third-order valence-electron chi connectivity index (χ3n) is 5.88. The van der Waals surface area contributed by atoms with E-state index in [0.29, 0.717) is 0 Å². The van der Waals surface area contributed by atoms with E-state index >= 15 is 0 Å². The SMILES string of the molecule is CSp1c(-c2c(C)sc(C)c2-c2ccccc2)c(-c2cc(C)sc2C)c2ccccc21. The molecule has 31 heavy (non-hydrogen) atoms. The molecule has 3 aromatic heterocycles. The highest BCUT2D eigenvalue weighted by atomic mass is 32.7. The zero-order valence-corrected chi connectivity index (χ0v) is 21.8. The Labute approximate surface area is 197 Å². The second-order valence-corrected chi connectivity index (χ2v) is 14.8. The third-order valence-corrected chi connectivity index (χ3v) is 12.2. The van der Waals surface area contributed by atoms with Crippen LogP contribution in [0.2, 0.25) is 0 Å². The summed E-state index contributed by atoms with van der Waals surface area (Å²) in [6.45, 7) is 8.64. The molecule has 3 heterocycles. The van der Waals surface area contributed by atoms with Gasteiger partial charge in [0.05, 0.1) is 0 Å². The van der Waals surface area contributed by atoms with E-state index in [9.17, 15) is 0 Å². The van der Waals surface area contributed by atoms with E-state index in [1.54, 1.807) is 5.30 Å². The highest BCUT2D eigenvalue weighted by Gasteiger charge is 2.27. The summed E-state index contributed by atoms with van der Waals surface area (Å²) >= 11 is 5.89. The van der Waals surface area contributed by atoms with Gasteiger partial charge in [0.15, 0.2) is 0 Å². The van der Waals surface area contributed by atoms with E-state index in [-0.39, 0.29) is 0 Å². The Bertz CT molecular complexity index is 1400. The molecule has 0 aliphatic carbocycles.